The summed E-state index contributed by atoms with van der Waals surface area (Å²) in [4.78, 5) is 25.2. The molecular formula is C18H18ClN3O3. The molecular weight excluding hydrogens is 342 g/mol. The Morgan fingerprint density at radius 3 is 2.60 bits per heavy atom. The van der Waals surface area contributed by atoms with Gasteiger partial charge >= 0.3 is 0 Å². The summed E-state index contributed by atoms with van der Waals surface area (Å²) in [5.74, 6) is -0.397. The summed E-state index contributed by atoms with van der Waals surface area (Å²) in [6, 6.07) is 9.85. The zero-order chi connectivity index (χ0) is 18.0. The third kappa shape index (κ3) is 3.58. The van der Waals surface area contributed by atoms with Gasteiger partial charge in [0.15, 0.2) is 0 Å². The van der Waals surface area contributed by atoms with Crippen LogP contribution >= 0.6 is 11.6 Å². The van der Waals surface area contributed by atoms with Crippen LogP contribution in [-0.2, 0) is 0 Å². The van der Waals surface area contributed by atoms with Crippen LogP contribution in [0.1, 0.15) is 28.8 Å². The number of nitro benzene ring substituents is 1. The first-order valence-corrected chi connectivity index (χ1v) is 8.45. The minimum absolute atomic E-state index is 0.0740. The smallest absolute Gasteiger partial charge is 0.273 e. The number of anilines is 2. The summed E-state index contributed by atoms with van der Waals surface area (Å²) in [6.07, 6.45) is 2.31. The Kier molecular flexibility index (Phi) is 4.90. The first-order chi connectivity index (χ1) is 12.0. The first kappa shape index (κ1) is 17.2. The van der Waals surface area contributed by atoms with Gasteiger partial charge in [-0.1, -0.05) is 17.7 Å². The van der Waals surface area contributed by atoms with Crippen LogP contribution in [-0.4, -0.2) is 23.9 Å². The van der Waals surface area contributed by atoms with E-state index in [4.69, 9.17) is 11.6 Å². The quantitative estimate of drug-likeness (QED) is 0.648. The summed E-state index contributed by atoms with van der Waals surface area (Å²) in [5, 5.41) is 14.4. The predicted octanol–water partition coefficient (Wildman–Crippen LogP) is 4.41. The molecule has 2 aromatic carbocycles. The Morgan fingerprint density at radius 2 is 1.96 bits per heavy atom. The second kappa shape index (κ2) is 7.11. The van der Waals surface area contributed by atoms with E-state index in [9.17, 15) is 14.9 Å². The molecule has 0 bridgehead atoms. The lowest BCUT2D eigenvalue weighted by atomic mass is 10.1. The van der Waals surface area contributed by atoms with Crippen molar-refractivity contribution in [1.29, 1.82) is 0 Å². The summed E-state index contributed by atoms with van der Waals surface area (Å²) in [5.41, 5.74) is 2.06. The number of nitro groups is 1. The molecule has 0 unspecified atom stereocenters. The highest BCUT2D eigenvalue weighted by Crippen LogP contribution is 2.31. The zero-order valence-corrected chi connectivity index (χ0v) is 14.5. The second-order valence-corrected chi connectivity index (χ2v) is 6.43. The molecule has 3 rings (SSSR count). The van der Waals surface area contributed by atoms with Gasteiger partial charge in [-0.15, -0.1) is 0 Å². The average molecular weight is 360 g/mol. The fraction of sp³-hybridized carbons (Fsp3) is 0.278. The molecule has 7 heteroatoms. The predicted molar refractivity (Wildman–Crippen MR) is 98.7 cm³/mol. The Labute approximate surface area is 150 Å². The molecule has 6 nitrogen and oxygen atoms in total. The van der Waals surface area contributed by atoms with Gasteiger partial charge in [0, 0.05) is 36.0 Å². The molecule has 0 atom stereocenters. The van der Waals surface area contributed by atoms with E-state index in [-0.39, 0.29) is 11.3 Å². The fourth-order valence-corrected chi connectivity index (χ4v) is 3.36. The average Bonchev–Trinajstić information content (AvgIpc) is 3.09. The van der Waals surface area contributed by atoms with Gasteiger partial charge in [-0.05, 0) is 44.0 Å². The van der Waals surface area contributed by atoms with E-state index in [0.29, 0.717) is 16.3 Å². The second-order valence-electron chi connectivity index (χ2n) is 6.02. The van der Waals surface area contributed by atoms with Crippen molar-refractivity contribution in [3.63, 3.8) is 0 Å². The topological polar surface area (TPSA) is 75.5 Å². The Bertz CT molecular complexity index is 832. The lowest BCUT2D eigenvalue weighted by Crippen LogP contribution is -2.18. The number of benzene rings is 2. The minimum Gasteiger partial charge on any atom is -0.370 e. The van der Waals surface area contributed by atoms with Gasteiger partial charge in [-0.3, -0.25) is 14.9 Å². The molecule has 0 radical (unpaired) electrons. The highest BCUT2D eigenvalue weighted by molar-refractivity contribution is 6.33. The van der Waals surface area contributed by atoms with Gasteiger partial charge in [0.05, 0.1) is 15.6 Å². The Morgan fingerprint density at radius 1 is 1.24 bits per heavy atom. The highest BCUT2D eigenvalue weighted by Gasteiger charge is 2.19. The molecule has 1 heterocycles. The van der Waals surface area contributed by atoms with Gasteiger partial charge in [0.25, 0.3) is 11.6 Å². The number of hydrogen-bond donors (Lipinski definition) is 1. The summed E-state index contributed by atoms with van der Waals surface area (Å²) < 4.78 is 0. The highest BCUT2D eigenvalue weighted by atomic mass is 35.5. The van der Waals surface area contributed by atoms with Crippen LogP contribution in [0, 0.1) is 17.0 Å². The molecule has 0 aliphatic carbocycles. The number of carbonyl (C=O) groups is 1. The van der Waals surface area contributed by atoms with Crippen molar-refractivity contribution in [2.24, 2.45) is 0 Å². The number of halogens is 1. The fourth-order valence-electron chi connectivity index (χ4n) is 3.06. The van der Waals surface area contributed by atoms with Gasteiger partial charge in [0.2, 0.25) is 0 Å². The monoisotopic (exact) mass is 359 g/mol. The summed E-state index contributed by atoms with van der Waals surface area (Å²) in [6.45, 7) is 3.53. The molecule has 1 aliphatic rings. The summed E-state index contributed by atoms with van der Waals surface area (Å²) in [7, 11) is 0. The maximum absolute atomic E-state index is 12.5. The molecule has 1 saturated heterocycles. The number of nitrogens with one attached hydrogen (secondary N) is 1. The molecule has 0 spiro atoms. The van der Waals surface area contributed by atoms with Crippen LogP contribution in [0.15, 0.2) is 36.4 Å². The zero-order valence-electron chi connectivity index (χ0n) is 13.8. The van der Waals surface area contributed by atoms with E-state index in [0.717, 1.165) is 31.6 Å². The molecule has 0 saturated carbocycles. The van der Waals surface area contributed by atoms with Gasteiger partial charge < -0.3 is 10.2 Å². The molecule has 1 N–H and O–H groups in total. The van der Waals surface area contributed by atoms with Crippen LogP contribution in [0.4, 0.5) is 17.1 Å². The van der Waals surface area contributed by atoms with Crippen LogP contribution in [0.5, 0.6) is 0 Å². The third-order valence-electron chi connectivity index (χ3n) is 4.40. The number of nitrogens with zero attached hydrogens (tertiary/aromatic N) is 2. The molecule has 1 amide bonds. The van der Waals surface area contributed by atoms with E-state index in [1.165, 1.54) is 12.1 Å². The van der Waals surface area contributed by atoms with E-state index >= 15 is 0 Å². The van der Waals surface area contributed by atoms with Crippen molar-refractivity contribution in [2.75, 3.05) is 23.3 Å². The standard InChI is InChI=1S/C18H18ClN3O3/c1-12-14(5-4-6-16(12)22(24)25)18(23)20-13-7-8-17(15(19)11-13)21-9-2-3-10-21/h4-8,11H,2-3,9-10H2,1H3,(H,20,23). The largest absolute Gasteiger partial charge is 0.370 e. The number of rotatable bonds is 4. The van der Waals surface area contributed by atoms with E-state index in [1.807, 2.05) is 6.07 Å². The number of amides is 1. The van der Waals surface area contributed by atoms with Gasteiger partial charge in [0.1, 0.15) is 0 Å². The molecule has 25 heavy (non-hydrogen) atoms. The van der Waals surface area contributed by atoms with Crippen LogP contribution in [0.2, 0.25) is 5.02 Å². The third-order valence-corrected chi connectivity index (χ3v) is 4.70. The molecule has 0 aromatic heterocycles. The Hall–Kier alpha value is -2.60. The summed E-state index contributed by atoms with van der Waals surface area (Å²) >= 11 is 6.35. The lowest BCUT2D eigenvalue weighted by molar-refractivity contribution is -0.385. The normalized spacial score (nSPS) is 13.8. The lowest BCUT2D eigenvalue weighted by Gasteiger charge is -2.19. The maximum atomic E-state index is 12.5. The number of carbonyl (C=O) groups excluding carboxylic acids is 1. The van der Waals surface area contributed by atoms with Gasteiger partial charge in [-0.2, -0.15) is 0 Å². The van der Waals surface area contributed by atoms with Crippen LogP contribution in [0.3, 0.4) is 0 Å². The van der Waals surface area contributed by atoms with E-state index in [2.05, 4.69) is 10.2 Å². The van der Waals surface area contributed by atoms with Crippen LogP contribution < -0.4 is 10.2 Å². The van der Waals surface area contributed by atoms with E-state index < -0.39 is 10.8 Å². The number of hydrogen-bond acceptors (Lipinski definition) is 4. The molecule has 130 valence electrons. The van der Waals surface area contributed by atoms with Crippen molar-refractivity contribution in [1.82, 2.24) is 0 Å². The minimum atomic E-state index is -0.492. The SMILES string of the molecule is Cc1c(C(=O)Nc2ccc(N3CCCC3)c(Cl)c2)cccc1[N+](=O)[O-]. The van der Waals surface area contributed by atoms with Gasteiger partial charge in [-0.25, -0.2) is 0 Å². The van der Waals surface area contributed by atoms with E-state index in [1.54, 1.807) is 25.1 Å². The first-order valence-electron chi connectivity index (χ1n) is 8.07. The molecule has 1 fully saturated rings. The molecule has 1 aliphatic heterocycles. The maximum Gasteiger partial charge on any atom is 0.273 e. The van der Waals surface area contributed by atoms with Crippen molar-refractivity contribution >= 4 is 34.6 Å². The molecule has 2 aromatic rings. The van der Waals surface area contributed by atoms with Crippen LogP contribution in [0.25, 0.3) is 0 Å². The van der Waals surface area contributed by atoms with Crippen molar-refractivity contribution in [3.8, 4) is 0 Å². The van der Waals surface area contributed by atoms with Crippen molar-refractivity contribution in [2.45, 2.75) is 19.8 Å². The Balaban J connectivity index is 1.81. The van der Waals surface area contributed by atoms with Crippen molar-refractivity contribution < 1.29 is 9.72 Å². The van der Waals surface area contributed by atoms with Crippen molar-refractivity contribution in [3.05, 3.63) is 62.7 Å².